The molecule has 0 saturated heterocycles. The first-order valence-corrected chi connectivity index (χ1v) is 6.27. The van der Waals surface area contributed by atoms with Crippen molar-refractivity contribution in [2.75, 3.05) is 5.73 Å². The summed E-state index contributed by atoms with van der Waals surface area (Å²) in [5.41, 5.74) is 4.62. The van der Waals surface area contributed by atoms with Crippen LogP contribution in [0.15, 0.2) is 6.07 Å². The lowest BCUT2D eigenvalue weighted by atomic mass is 9.86. The second-order valence-corrected chi connectivity index (χ2v) is 6.52. The average Bonchev–Trinajstić information content (AvgIpc) is 2.44. The van der Waals surface area contributed by atoms with Crippen LogP contribution in [0.4, 0.5) is 5.69 Å². The van der Waals surface area contributed by atoms with Crippen molar-refractivity contribution >= 4 is 22.9 Å². The number of rotatable bonds is 3. The first kappa shape index (κ1) is 14.0. The van der Waals surface area contributed by atoms with Crippen LogP contribution >= 0.6 is 11.3 Å². The van der Waals surface area contributed by atoms with Gasteiger partial charge in [0.2, 0.25) is 0 Å². The topological polar surface area (TPSA) is 75.3 Å². The van der Waals surface area contributed by atoms with E-state index in [9.17, 15) is 9.90 Å². The minimum absolute atomic E-state index is 0.207. The number of hydrogen-bond donors (Lipinski definition) is 3. The van der Waals surface area contributed by atoms with Crippen molar-refractivity contribution in [2.45, 2.75) is 45.8 Å². The largest absolute Gasteiger partial charge is 0.398 e. The van der Waals surface area contributed by atoms with Crippen molar-refractivity contribution < 1.29 is 9.90 Å². The van der Waals surface area contributed by atoms with Crippen LogP contribution in [0.3, 0.4) is 0 Å². The Kier molecular flexibility index (Phi) is 3.55. The lowest BCUT2D eigenvalue weighted by Gasteiger charge is -2.37. The van der Waals surface area contributed by atoms with Gasteiger partial charge >= 0.3 is 0 Å². The predicted molar refractivity (Wildman–Crippen MR) is 71.3 cm³/mol. The monoisotopic (exact) mass is 256 g/mol. The van der Waals surface area contributed by atoms with E-state index in [1.54, 1.807) is 33.8 Å². The highest BCUT2D eigenvalue weighted by atomic mass is 32.1. The molecule has 0 aliphatic rings. The van der Waals surface area contributed by atoms with Crippen LogP contribution in [-0.2, 0) is 0 Å². The molecule has 0 saturated carbocycles. The third-order valence-corrected chi connectivity index (χ3v) is 4.20. The molecule has 4 nitrogen and oxygen atoms in total. The molecule has 1 heterocycles. The summed E-state index contributed by atoms with van der Waals surface area (Å²) in [6, 6.07) is 1.66. The highest BCUT2D eigenvalue weighted by Crippen LogP contribution is 2.25. The van der Waals surface area contributed by atoms with E-state index in [2.05, 4.69) is 5.32 Å². The van der Waals surface area contributed by atoms with E-state index in [1.165, 1.54) is 11.3 Å². The third kappa shape index (κ3) is 2.98. The molecule has 96 valence electrons. The smallest absolute Gasteiger partial charge is 0.261 e. The second-order valence-electron chi connectivity index (χ2n) is 5.26. The number of hydrogen-bond acceptors (Lipinski definition) is 4. The van der Waals surface area contributed by atoms with Gasteiger partial charge in [0.25, 0.3) is 5.91 Å². The van der Waals surface area contributed by atoms with Gasteiger partial charge in [-0.25, -0.2) is 0 Å². The molecule has 0 atom stereocenters. The van der Waals surface area contributed by atoms with E-state index in [4.69, 9.17) is 5.73 Å². The molecule has 1 rings (SSSR count). The van der Waals surface area contributed by atoms with Gasteiger partial charge in [0.15, 0.2) is 0 Å². The van der Waals surface area contributed by atoms with E-state index in [-0.39, 0.29) is 5.91 Å². The summed E-state index contributed by atoms with van der Waals surface area (Å²) < 4.78 is 0. The van der Waals surface area contributed by atoms with E-state index < -0.39 is 11.1 Å². The van der Waals surface area contributed by atoms with Gasteiger partial charge in [0, 0.05) is 10.6 Å². The number of carbonyl (C=O) groups is 1. The van der Waals surface area contributed by atoms with Gasteiger partial charge in [-0.2, -0.15) is 0 Å². The lowest BCUT2D eigenvalue weighted by molar-refractivity contribution is -0.00284. The van der Waals surface area contributed by atoms with Crippen molar-refractivity contribution in [3.63, 3.8) is 0 Å². The second kappa shape index (κ2) is 4.31. The van der Waals surface area contributed by atoms with E-state index >= 15 is 0 Å². The van der Waals surface area contributed by atoms with Gasteiger partial charge in [0.05, 0.1) is 16.0 Å². The minimum atomic E-state index is -0.999. The zero-order valence-electron chi connectivity index (χ0n) is 10.9. The fourth-order valence-corrected chi connectivity index (χ4v) is 1.94. The molecule has 0 unspecified atom stereocenters. The number of aliphatic hydroxyl groups is 1. The Morgan fingerprint density at radius 1 is 1.41 bits per heavy atom. The van der Waals surface area contributed by atoms with Crippen LogP contribution in [0.25, 0.3) is 0 Å². The molecule has 1 aromatic heterocycles. The number of anilines is 1. The van der Waals surface area contributed by atoms with Crippen molar-refractivity contribution in [2.24, 2.45) is 0 Å². The standard InChI is InChI=1S/C12H20N2O2S/c1-7-8(13)6-9(17-7)10(15)14-11(2,3)12(4,5)16/h6,16H,13H2,1-5H3,(H,14,15). The van der Waals surface area contributed by atoms with Crippen molar-refractivity contribution in [1.82, 2.24) is 5.32 Å². The SMILES string of the molecule is Cc1sc(C(=O)NC(C)(C)C(C)(C)O)cc1N. The van der Waals surface area contributed by atoms with E-state index in [0.29, 0.717) is 10.6 Å². The van der Waals surface area contributed by atoms with Crippen LogP contribution in [0.1, 0.15) is 42.2 Å². The zero-order chi connectivity index (χ0) is 13.4. The Hall–Kier alpha value is -1.07. The maximum absolute atomic E-state index is 12.0. The van der Waals surface area contributed by atoms with Gasteiger partial charge in [-0.3, -0.25) is 4.79 Å². The van der Waals surface area contributed by atoms with Crippen molar-refractivity contribution in [3.05, 3.63) is 15.8 Å². The van der Waals surface area contributed by atoms with Crippen LogP contribution in [0.2, 0.25) is 0 Å². The predicted octanol–water partition coefficient (Wildman–Crippen LogP) is 1.92. The lowest BCUT2D eigenvalue weighted by Crippen LogP contribution is -2.57. The molecule has 0 radical (unpaired) electrons. The quantitative estimate of drug-likeness (QED) is 0.773. The molecule has 1 amide bonds. The summed E-state index contributed by atoms with van der Waals surface area (Å²) in [6.45, 7) is 8.78. The molecule has 0 bridgehead atoms. The Morgan fingerprint density at radius 2 is 1.94 bits per heavy atom. The summed E-state index contributed by atoms with van der Waals surface area (Å²) in [4.78, 5) is 13.5. The molecule has 0 fully saturated rings. The van der Waals surface area contributed by atoms with E-state index in [1.807, 2.05) is 6.92 Å². The van der Waals surface area contributed by atoms with Crippen LogP contribution < -0.4 is 11.1 Å². The summed E-state index contributed by atoms with van der Waals surface area (Å²) in [5.74, 6) is -0.207. The average molecular weight is 256 g/mol. The van der Waals surface area contributed by atoms with Crippen LogP contribution in [0.5, 0.6) is 0 Å². The fourth-order valence-electron chi connectivity index (χ4n) is 1.11. The molecule has 1 aromatic rings. The van der Waals surface area contributed by atoms with Gasteiger partial charge in [-0.15, -0.1) is 11.3 Å². The van der Waals surface area contributed by atoms with Gasteiger partial charge in [-0.1, -0.05) is 0 Å². The summed E-state index contributed by atoms with van der Waals surface area (Å²) in [5, 5.41) is 12.8. The van der Waals surface area contributed by atoms with Crippen LogP contribution in [-0.4, -0.2) is 22.2 Å². The Balaban J connectivity index is 2.87. The molecule has 0 aliphatic heterocycles. The number of aryl methyl sites for hydroxylation is 1. The molecule has 0 aliphatic carbocycles. The fraction of sp³-hybridized carbons (Fsp3) is 0.583. The Labute approximate surface area is 106 Å². The Bertz CT molecular complexity index is 411. The highest BCUT2D eigenvalue weighted by molar-refractivity contribution is 7.14. The first-order chi connectivity index (χ1) is 7.54. The van der Waals surface area contributed by atoms with Gasteiger partial charge < -0.3 is 16.2 Å². The Morgan fingerprint density at radius 3 is 2.29 bits per heavy atom. The molecule has 5 heteroatoms. The van der Waals surface area contributed by atoms with Crippen molar-refractivity contribution in [1.29, 1.82) is 0 Å². The summed E-state index contributed by atoms with van der Waals surface area (Å²) in [6.07, 6.45) is 0. The molecule has 4 N–H and O–H groups in total. The normalized spacial score (nSPS) is 12.6. The maximum Gasteiger partial charge on any atom is 0.261 e. The number of nitrogen functional groups attached to an aromatic ring is 1. The van der Waals surface area contributed by atoms with Crippen molar-refractivity contribution in [3.8, 4) is 0 Å². The molecular weight excluding hydrogens is 236 g/mol. The molecule has 0 spiro atoms. The molecular formula is C12H20N2O2S. The number of nitrogens with two attached hydrogens (primary N) is 1. The van der Waals surface area contributed by atoms with Gasteiger partial charge in [-0.05, 0) is 40.7 Å². The number of carbonyl (C=O) groups excluding carboxylic acids is 1. The maximum atomic E-state index is 12.0. The highest BCUT2D eigenvalue weighted by Gasteiger charge is 2.36. The molecule has 17 heavy (non-hydrogen) atoms. The molecule has 0 aromatic carbocycles. The number of nitrogens with one attached hydrogen (secondary N) is 1. The number of thiophene rings is 1. The third-order valence-electron chi connectivity index (χ3n) is 3.14. The number of amides is 1. The summed E-state index contributed by atoms with van der Waals surface area (Å²) >= 11 is 1.36. The first-order valence-electron chi connectivity index (χ1n) is 5.45. The zero-order valence-corrected chi connectivity index (χ0v) is 11.7. The summed E-state index contributed by atoms with van der Waals surface area (Å²) in [7, 11) is 0. The van der Waals surface area contributed by atoms with Gasteiger partial charge in [0.1, 0.15) is 0 Å². The van der Waals surface area contributed by atoms with Crippen LogP contribution in [0, 0.1) is 6.92 Å². The van der Waals surface area contributed by atoms with E-state index in [0.717, 1.165) is 4.88 Å². The minimum Gasteiger partial charge on any atom is -0.398 e.